The minimum absolute atomic E-state index is 0.0642. The summed E-state index contributed by atoms with van der Waals surface area (Å²) >= 11 is 0. The van der Waals surface area contributed by atoms with Gasteiger partial charge in [-0.15, -0.1) is 0 Å². The highest BCUT2D eigenvalue weighted by Crippen LogP contribution is 2.27. The Bertz CT molecular complexity index is 731. The Balaban J connectivity index is 2.06. The molecule has 1 unspecified atom stereocenters. The van der Waals surface area contributed by atoms with Crippen molar-refractivity contribution in [3.63, 3.8) is 0 Å². The predicted octanol–water partition coefficient (Wildman–Crippen LogP) is 3.20. The third-order valence-electron chi connectivity index (χ3n) is 4.16. The third-order valence-corrected chi connectivity index (χ3v) is 4.16. The molecule has 1 atom stereocenters. The van der Waals surface area contributed by atoms with Crippen molar-refractivity contribution in [2.75, 3.05) is 0 Å². The minimum Gasteiger partial charge on any atom is -0.481 e. The first-order valence-corrected chi connectivity index (χ1v) is 7.02. The molecule has 3 heteroatoms. The van der Waals surface area contributed by atoms with Crippen LogP contribution in [0.4, 0.5) is 0 Å². The van der Waals surface area contributed by atoms with E-state index >= 15 is 0 Å². The number of carbonyl (C=O) groups is 2. The molecule has 0 aliphatic heterocycles. The summed E-state index contributed by atoms with van der Waals surface area (Å²) in [6.07, 6.45) is 1.10. The molecule has 0 saturated heterocycles. The Morgan fingerprint density at radius 3 is 2.38 bits per heavy atom. The van der Waals surface area contributed by atoms with Crippen LogP contribution in [0.1, 0.15) is 45.5 Å². The van der Waals surface area contributed by atoms with Crippen LogP contribution < -0.4 is 0 Å². The van der Waals surface area contributed by atoms with Crippen LogP contribution in [0.3, 0.4) is 0 Å². The van der Waals surface area contributed by atoms with Crippen LogP contribution in [0.5, 0.6) is 0 Å². The van der Waals surface area contributed by atoms with E-state index in [0.29, 0.717) is 17.5 Å². The molecule has 0 spiro atoms. The molecule has 3 nitrogen and oxygen atoms in total. The van der Waals surface area contributed by atoms with Crippen molar-refractivity contribution in [3.8, 4) is 0 Å². The molecule has 21 heavy (non-hydrogen) atoms. The quantitative estimate of drug-likeness (QED) is 0.919. The normalized spacial score (nSPS) is 14.8. The Kier molecular flexibility index (Phi) is 3.34. The second-order valence-corrected chi connectivity index (χ2v) is 5.52. The Labute approximate surface area is 123 Å². The molecule has 3 rings (SSSR count). The molecule has 0 radical (unpaired) electrons. The molecule has 2 aromatic carbocycles. The van der Waals surface area contributed by atoms with E-state index in [0.717, 1.165) is 17.5 Å². The SMILES string of the molecule is CC(C(=O)O)c1ccc2c(c1)C(=O)Cc1ccccc1C2. The lowest BCUT2D eigenvalue weighted by Crippen LogP contribution is -2.10. The van der Waals surface area contributed by atoms with Gasteiger partial charge in [0.25, 0.3) is 0 Å². The van der Waals surface area contributed by atoms with Gasteiger partial charge in [-0.25, -0.2) is 0 Å². The zero-order chi connectivity index (χ0) is 15.0. The Morgan fingerprint density at radius 2 is 1.71 bits per heavy atom. The van der Waals surface area contributed by atoms with E-state index in [-0.39, 0.29) is 5.78 Å². The second-order valence-electron chi connectivity index (χ2n) is 5.52. The summed E-state index contributed by atoms with van der Waals surface area (Å²) in [6, 6.07) is 13.4. The van der Waals surface area contributed by atoms with Gasteiger partial charge in [0.2, 0.25) is 0 Å². The number of carboxylic acids is 1. The molecule has 106 valence electrons. The lowest BCUT2D eigenvalue weighted by atomic mass is 9.93. The van der Waals surface area contributed by atoms with Crippen LogP contribution >= 0.6 is 0 Å². The lowest BCUT2D eigenvalue weighted by molar-refractivity contribution is -0.138. The van der Waals surface area contributed by atoms with Crippen LogP contribution in [-0.4, -0.2) is 16.9 Å². The largest absolute Gasteiger partial charge is 0.481 e. The van der Waals surface area contributed by atoms with Gasteiger partial charge >= 0.3 is 5.97 Å². The number of aliphatic carboxylic acids is 1. The number of ketones is 1. The summed E-state index contributed by atoms with van der Waals surface area (Å²) in [5.74, 6) is -1.41. The van der Waals surface area contributed by atoms with Crippen molar-refractivity contribution in [2.45, 2.75) is 25.7 Å². The van der Waals surface area contributed by atoms with E-state index in [4.69, 9.17) is 5.11 Å². The summed E-state index contributed by atoms with van der Waals surface area (Å²) < 4.78 is 0. The summed E-state index contributed by atoms with van der Waals surface area (Å²) in [7, 11) is 0. The number of hydrogen-bond acceptors (Lipinski definition) is 2. The average Bonchev–Trinajstić information content (AvgIpc) is 2.62. The summed E-state index contributed by atoms with van der Waals surface area (Å²) in [4.78, 5) is 23.6. The maximum atomic E-state index is 12.5. The van der Waals surface area contributed by atoms with Gasteiger partial charge < -0.3 is 5.11 Å². The van der Waals surface area contributed by atoms with Crippen LogP contribution in [0.2, 0.25) is 0 Å². The summed E-state index contributed by atoms with van der Waals surface area (Å²) in [5, 5.41) is 9.12. The number of rotatable bonds is 2. The van der Waals surface area contributed by atoms with E-state index < -0.39 is 11.9 Å². The van der Waals surface area contributed by atoms with Crippen molar-refractivity contribution in [2.24, 2.45) is 0 Å². The zero-order valence-corrected chi connectivity index (χ0v) is 11.8. The van der Waals surface area contributed by atoms with E-state index in [1.54, 1.807) is 13.0 Å². The molecule has 2 aromatic rings. The van der Waals surface area contributed by atoms with Gasteiger partial charge in [-0.05, 0) is 41.7 Å². The van der Waals surface area contributed by atoms with Crippen molar-refractivity contribution in [1.29, 1.82) is 0 Å². The maximum absolute atomic E-state index is 12.5. The topological polar surface area (TPSA) is 54.4 Å². The monoisotopic (exact) mass is 280 g/mol. The van der Waals surface area contributed by atoms with Gasteiger partial charge in [0, 0.05) is 12.0 Å². The van der Waals surface area contributed by atoms with Crippen molar-refractivity contribution in [1.82, 2.24) is 0 Å². The van der Waals surface area contributed by atoms with Crippen molar-refractivity contribution in [3.05, 3.63) is 70.3 Å². The standard InChI is InChI=1S/C18H16O3/c1-11(18(20)21)12-6-7-15-8-13-4-2-3-5-14(13)10-17(19)16(15)9-12/h2-7,9,11H,8,10H2,1H3,(H,20,21). The van der Waals surface area contributed by atoms with E-state index in [1.165, 1.54) is 5.56 Å². The highest BCUT2D eigenvalue weighted by atomic mass is 16.4. The third kappa shape index (κ3) is 2.47. The fourth-order valence-electron chi connectivity index (χ4n) is 2.80. The van der Waals surface area contributed by atoms with Gasteiger partial charge in [0.05, 0.1) is 5.92 Å². The average molecular weight is 280 g/mol. The molecule has 1 N–H and O–H groups in total. The van der Waals surface area contributed by atoms with Crippen LogP contribution in [0.25, 0.3) is 0 Å². The molecule has 0 saturated carbocycles. The van der Waals surface area contributed by atoms with Gasteiger partial charge in [-0.1, -0.05) is 36.4 Å². The molecule has 1 aliphatic rings. The molecule has 0 heterocycles. The van der Waals surface area contributed by atoms with Crippen LogP contribution in [-0.2, 0) is 17.6 Å². The highest BCUT2D eigenvalue weighted by Gasteiger charge is 2.22. The van der Waals surface area contributed by atoms with E-state index in [9.17, 15) is 9.59 Å². The van der Waals surface area contributed by atoms with Gasteiger partial charge in [-0.3, -0.25) is 9.59 Å². The fraction of sp³-hybridized carbons (Fsp3) is 0.222. The van der Waals surface area contributed by atoms with Crippen molar-refractivity contribution < 1.29 is 14.7 Å². The maximum Gasteiger partial charge on any atom is 0.310 e. The number of fused-ring (bicyclic) bond motifs is 2. The first-order valence-electron chi connectivity index (χ1n) is 7.02. The first-order chi connectivity index (χ1) is 10.1. The zero-order valence-electron chi connectivity index (χ0n) is 11.8. The summed E-state index contributed by atoms with van der Waals surface area (Å²) in [6.45, 7) is 1.64. The number of hydrogen-bond donors (Lipinski definition) is 1. The van der Waals surface area contributed by atoms with E-state index in [2.05, 4.69) is 0 Å². The van der Waals surface area contributed by atoms with Crippen LogP contribution in [0.15, 0.2) is 42.5 Å². The molecule has 1 aliphatic carbocycles. The summed E-state index contributed by atoms with van der Waals surface area (Å²) in [5.41, 5.74) is 4.55. The van der Waals surface area contributed by atoms with E-state index in [1.807, 2.05) is 36.4 Å². The predicted molar refractivity (Wildman–Crippen MR) is 79.8 cm³/mol. The number of carbonyl (C=O) groups excluding carboxylic acids is 1. The van der Waals surface area contributed by atoms with Crippen molar-refractivity contribution >= 4 is 11.8 Å². The van der Waals surface area contributed by atoms with Gasteiger partial charge in [-0.2, -0.15) is 0 Å². The highest BCUT2D eigenvalue weighted by molar-refractivity contribution is 6.00. The number of Topliss-reactive ketones (excluding diaryl/α,β-unsaturated/α-hetero) is 1. The smallest absolute Gasteiger partial charge is 0.310 e. The minimum atomic E-state index is -0.876. The molecular weight excluding hydrogens is 264 g/mol. The lowest BCUT2D eigenvalue weighted by Gasteiger charge is -2.11. The molecular formula is C18H16O3. The Morgan fingerprint density at radius 1 is 1.05 bits per heavy atom. The van der Waals surface area contributed by atoms with Gasteiger partial charge in [0.1, 0.15) is 0 Å². The fourth-order valence-corrected chi connectivity index (χ4v) is 2.80. The molecule has 0 aromatic heterocycles. The molecule has 0 bridgehead atoms. The number of benzene rings is 2. The molecule has 0 fully saturated rings. The van der Waals surface area contributed by atoms with Crippen LogP contribution in [0, 0.1) is 0 Å². The Hall–Kier alpha value is -2.42. The number of carboxylic acid groups (broad SMARTS) is 1. The molecule has 0 amide bonds. The first kappa shape index (κ1) is 13.6. The van der Waals surface area contributed by atoms with Gasteiger partial charge in [0.15, 0.2) is 5.78 Å². The second kappa shape index (κ2) is 5.17.